The highest BCUT2D eigenvalue weighted by atomic mass is 16.5. The normalized spacial score (nSPS) is 11.5. The van der Waals surface area contributed by atoms with Crippen LogP contribution in [0.1, 0.15) is 18.9 Å². The summed E-state index contributed by atoms with van der Waals surface area (Å²) in [6, 6.07) is 9.87. The zero-order valence-corrected chi connectivity index (χ0v) is 12.7. The second kappa shape index (κ2) is 8.95. The number of esters is 1. The summed E-state index contributed by atoms with van der Waals surface area (Å²) in [7, 11) is 1.36. The van der Waals surface area contributed by atoms with E-state index in [0.717, 1.165) is 5.56 Å². The van der Waals surface area contributed by atoms with Gasteiger partial charge in [-0.25, -0.2) is 0 Å². The highest BCUT2D eigenvalue weighted by Gasteiger charge is 2.20. The van der Waals surface area contributed by atoms with Crippen molar-refractivity contribution in [2.24, 2.45) is 5.92 Å². The maximum Gasteiger partial charge on any atom is 0.310 e. The van der Waals surface area contributed by atoms with Gasteiger partial charge in [0.1, 0.15) is 0 Å². The van der Waals surface area contributed by atoms with Gasteiger partial charge < -0.3 is 9.64 Å². The lowest BCUT2D eigenvalue weighted by Gasteiger charge is -2.23. The second-order valence-electron chi connectivity index (χ2n) is 5.00. The van der Waals surface area contributed by atoms with Crippen LogP contribution in [0.5, 0.6) is 0 Å². The van der Waals surface area contributed by atoms with Crippen LogP contribution in [0.4, 0.5) is 0 Å². The van der Waals surface area contributed by atoms with Crippen molar-refractivity contribution in [3.05, 3.63) is 48.6 Å². The predicted octanol–water partition coefficient (Wildman–Crippen LogP) is 2.44. The number of benzene rings is 1. The molecule has 1 unspecified atom stereocenters. The van der Waals surface area contributed by atoms with Gasteiger partial charge in [0.25, 0.3) is 0 Å². The molecule has 4 nitrogen and oxygen atoms in total. The summed E-state index contributed by atoms with van der Waals surface area (Å²) in [5, 5.41) is 0. The van der Waals surface area contributed by atoms with E-state index in [9.17, 15) is 9.59 Å². The van der Waals surface area contributed by atoms with Gasteiger partial charge in [-0.05, 0) is 12.0 Å². The van der Waals surface area contributed by atoms with E-state index in [1.165, 1.54) is 7.11 Å². The van der Waals surface area contributed by atoms with Gasteiger partial charge in [-0.15, -0.1) is 6.58 Å². The van der Waals surface area contributed by atoms with Crippen LogP contribution in [0.15, 0.2) is 43.0 Å². The van der Waals surface area contributed by atoms with E-state index in [0.29, 0.717) is 25.9 Å². The SMILES string of the molecule is C=CCN(CC(C)C(=O)OC)C(=O)CCc1ccccc1. The van der Waals surface area contributed by atoms with Gasteiger partial charge in [0.05, 0.1) is 13.0 Å². The standard InChI is InChI=1S/C17H23NO3/c1-4-12-18(13-14(2)17(20)21-3)16(19)11-10-15-8-6-5-7-9-15/h4-9,14H,1,10-13H2,2-3H3. The monoisotopic (exact) mass is 289 g/mol. The van der Waals surface area contributed by atoms with Crippen LogP contribution < -0.4 is 0 Å². The van der Waals surface area contributed by atoms with E-state index in [4.69, 9.17) is 4.74 Å². The molecule has 0 heterocycles. The minimum absolute atomic E-state index is 0.0227. The summed E-state index contributed by atoms with van der Waals surface area (Å²) in [6.45, 7) is 6.21. The third-order valence-corrected chi connectivity index (χ3v) is 3.27. The molecular formula is C17H23NO3. The second-order valence-corrected chi connectivity index (χ2v) is 5.00. The van der Waals surface area contributed by atoms with Gasteiger partial charge in [0.2, 0.25) is 5.91 Å². The predicted molar refractivity (Wildman–Crippen MR) is 82.7 cm³/mol. The summed E-state index contributed by atoms with van der Waals surface area (Å²) in [5.41, 5.74) is 1.13. The Kier molecular flexibility index (Phi) is 7.23. The maximum absolute atomic E-state index is 12.3. The number of amides is 1. The Morgan fingerprint density at radius 3 is 2.57 bits per heavy atom. The Labute approximate surface area is 126 Å². The fraction of sp³-hybridized carbons (Fsp3) is 0.412. The van der Waals surface area contributed by atoms with Crippen molar-refractivity contribution in [3.8, 4) is 0 Å². The molecule has 0 aromatic heterocycles. The Morgan fingerprint density at radius 1 is 1.33 bits per heavy atom. The average Bonchev–Trinajstić information content (AvgIpc) is 2.52. The zero-order chi connectivity index (χ0) is 15.7. The minimum Gasteiger partial charge on any atom is -0.469 e. The lowest BCUT2D eigenvalue weighted by molar-refractivity contribution is -0.146. The van der Waals surface area contributed by atoms with Crippen LogP contribution in [0.25, 0.3) is 0 Å². The first-order valence-electron chi connectivity index (χ1n) is 7.09. The Balaban J connectivity index is 2.56. The van der Waals surface area contributed by atoms with Crippen LogP contribution >= 0.6 is 0 Å². The number of methoxy groups -OCH3 is 1. The molecule has 0 radical (unpaired) electrons. The molecule has 4 heteroatoms. The number of nitrogens with zero attached hydrogens (tertiary/aromatic N) is 1. The molecule has 1 atom stereocenters. The van der Waals surface area contributed by atoms with Crippen LogP contribution in [-0.2, 0) is 20.7 Å². The summed E-state index contributed by atoms with van der Waals surface area (Å²) in [4.78, 5) is 25.4. The smallest absolute Gasteiger partial charge is 0.310 e. The van der Waals surface area contributed by atoms with Crippen molar-refractivity contribution in [1.29, 1.82) is 0 Å². The van der Waals surface area contributed by atoms with Gasteiger partial charge in [-0.1, -0.05) is 43.3 Å². The average molecular weight is 289 g/mol. The number of carbonyl (C=O) groups is 2. The van der Waals surface area contributed by atoms with E-state index in [-0.39, 0.29) is 17.8 Å². The number of hydrogen-bond donors (Lipinski definition) is 0. The van der Waals surface area contributed by atoms with E-state index >= 15 is 0 Å². The summed E-state index contributed by atoms with van der Waals surface area (Å²) < 4.78 is 4.70. The molecule has 0 N–H and O–H groups in total. The maximum atomic E-state index is 12.3. The van der Waals surface area contributed by atoms with Gasteiger partial charge in [0, 0.05) is 19.5 Å². The first kappa shape index (κ1) is 17.0. The number of carbonyl (C=O) groups excluding carboxylic acids is 2. The van der Waals surface area contributed by atoms with Crippen molar-refractivity contribution in [2.45, 2.75) is 19.8 Å². The summed E-state index contributed by atoms with van der Waals surface area (Å²) >= 11 is 0. The molecule has 21 heavy (non-hydrogen) atoms. The van der Waals surface area contributed by atoms with Crippen molar-refractivity contribution in [2.75, 3.05) is 20.2 Å². The lowest BCUT2D eigenvalue weighted by atomic mass is 10.1. The van der Waals surface area contributed by atoms with Crippen LogP contribution in [0, 0.1) is 5.92 Å². The Hall–Kier alpha value is -2.10. The van der Waals surface area contributed by atoms with Gasteiger partial charge >= 0.3 is 5.97 Å². The molecule has 0 saturated carbocycles. The topological polar surface area (TPSA) is 46.6 Å². The summed E-state index contributed by atoms with van der Waals surface area (Å²) in [6.07, 6.45) is 2.79. The van der Waals surface area contributed by atoms with Crippen LogP contribution in [0.2, 0.25) is 0 Å². The molecule has 1 rings (SSSR count). The number of ether oxygens (including phenoxy) is 1. The highest BCUT2D eigenvalue weighted by Crippen LogP contribution is 2.08. The fourth-order valence-electron chi connectivity index (χ4n) is 2.09. The molecule has 0 aliphatic rings. The third-order valence-electron chi connectivity index (χ3n) is 3.27. The largest absolute Gasteiger partial charge is 0.469 e. The van der Waals surface area contributed by atoms with Gasteiger partial charge in [-0.2, -0.15) is 0 Å². The molecule has 0 aliphatic carbocycles. The number of rotatable bonds is 8. The van der Waals surface area contributed by atoms with Gasteiger partial charge in [-0.3, -0.25) is 9.59 Å². The zero-order valence-electron chi connectivity index (χ0n) is 12.7. The highest BCUT2D eigenvalue weighted by molar-refractivity contribution is 5.78. The number of aryl methyl sites for hydroxylation is 1. The summed E-state index contributed by atoms with van der Waals surface area (Å²) in [5.74, 6) is -0.620. The molecule has 0 fully saturated rings. The molecule has 114 valence electrons. The minimum atomic E-state index is -0.337. The third kappa shape index (κ3) is 5.81. The quantitative estimate of drug-likeness (QED) is 0.545. The van der Waals surface area contributed by atoms with E-state index in [1.807, 2.05) is 30.3 Å². The van der Waals surface area contributed by atoms with E-state index in [1.54, 1.807) is 17.9 Å². The van der Waals surface area contributed by atoms with Gasteiger partial charge in [0.15, 0.2) is 0 Å². The van der Waals surface area contributed by atoms with Crippen LogP contribution in [-0.4, -0.2) is 37.0 Å². The molecular weight excluding hydrogens is 266 g/mol. The Morgan fingerprint density at radius 2 is 2.00 bits per heavy atom. The molecule has 0 saturated heterocycles. The molecule has 1 amide bonds. The lowest BCUT2D eigenvalue weighted by Crippen LogP contribution is -2.37. The molecule has 1 aromatic rings. The van der Waals surface area contributed by atoms with Crippen molar-refractivity contribution >= 4 is 11.9 Å². The first-order valence-corrected chi connectivity index (χ1v) is 7.09. The number of hydrogen-bond acceptors (Lipinski definition) is 3. The molecule has 0 aliphatic heterocycles. The molecule has 1 aromatic carbocycles. The molecule has 0 spiro atoms. The van der Waals surface area contributed by atoms with Crippen molar-refractivity contribution in [1.82, 2.24) is 4.90 Å². The van der Waals surface area contributed by atoms with Crippen molar-refractivity contribution in [3.63, 3.8) is 0 Å². The Bertz CT molecular complexity index is 470. The van der Waals surface area contributed by atoms with Crippen molar-refractivity contribution < 1.29 is 14.3 Å². The van der Waals surface area contributed by atoms with E-state index in [2.05, 4.69) is 6.58 Å². The van der Waals surface area contributed by atoms with E-state index < -0.39 is 0 Å². The fourth-order valence-corrected chi connectivity index (χ4v) is 2.09. The first-order chi connectivity index (χ1) is 10.1. The van der Waals surface area contributed by atoms with Crippen LogP contribution in [0.3, 0.4) is 0 Å². The molecule has 0 bridgehead atoms.